The first-order valence-corrected chi connectivity index (χ1v) is 7.93. The van der Waals surface area contributed by atoms with Crippen LogP contribution in [0.2, 0.25) is 0 Å². The Labute approximate surface area is 135 Å². The molecule has 0 N–H and O–H groups in total. The number of nitrogens with zero attached hydrogens (tertiary/aromatic N) is 4. The highest BCUT2D eigenvalue weighted by Crippen LogP contribution is 2.32. The van der Waals surface area contributed by atoms with Crippen molar-refractivity contribution in [2.24, 2.45) is 5.92 Å². The van der Waals surface area contributed by atoms with E-state index in [1.807, 2.05) is 4.90 Å². The molecule has 0 radical (unpaired) electrons. The zero-order valence-electron chi connectivity index (χ0n) is 13.8. The van der Waals surface area contributed by atoms with Gasteiger partial charge in [0.1, 0.15) is 0 Å². The number of allylic oxidation sites excluding steroid dienone is 2. The maximum absolute atomic E-state index is 12.6. The van der Waals surface area contributed by atoms with Gasteiger partial charge in [0, 0.05) is 19.0 Å². The van der Waals surface area contributed by atoms with Crippen LogP contribution in [0.1, 0.15) is 49.6 Å². The Kier molecular flexibility index (Phi) is 4.19. The summed E-state index contributed by atoms with van der Waals surface area (Å²) in [5, 5.41) is 7.75. The smallest absolute Gasteiger partial charge is 0.360 e. The molecule has 1 saturated heterocycles. The molecule has 1 aliphatic heterocycles. The average molecular weight is 318 g/mol. The molecule has 0 spiro atoms. The van der Waals surface area contributed by atoms with Gasteiger partial charge in [0.15, 0.2) is 5.69 Å². The fourth-order valence-electron chi connectivity index (χ4n) is 3.17. The molecule has 1 unspecified atom stereocenters. The van der Waals surface area contributed by atoms with E-state index in [-0.39, 0.29) is 23.6 Å². The minimum absolute atomic E-state index is 0.0896. The van der Waals surface area contributed by atoms with Crippen LogP contribution in [0.15, 0.2) is 17.3 Å². The third kappa shape index (κ3) is 3.00. The molecule has 2 heterocycles. The largest absolute Gasteiger partial charge is 0.464 e. The normalized spacial score (nSPS) is 22.0. The maximum atomic E-state index is 12.6. The van der Waals surface area contributed by atoms with E-state index in [2.05, 4.69) is 28.9 Å². The van der Waals surface area contributed by atoms with E-state index in [4.69, 9.17) is 0 Å². The van der Waals surface area contributed by atoms with Gasteiger partial charge in [-0.3, -0.25) is 4.79 Å². The minimum atomic E-state index is -0.497. The Balaban J connectivity index is 1.56. The van der Waals surface area contributed by atoms with Gasteiger partial charge in [-0.1, -0.05) is 16.4 Å². The van der Waals surface area contributed by atoms with Crippen molar-refractivity contribution in [1.29, 1.82) is 0 Å². The van der Waals surface area contributed by atoms with Crippen LogP contribution in [-0.2, 0) is 9.53 Å². The predicted octanol–water partition coefficient (Wildman–Crippen LogP) is 1.58. The number of amides is 1. The van der Waals surface area contributed by atoms with Crippen LogP contribution in [0.5, 0.6) is 0 Å². The summed E-state index contributed by atoms with van der Waals surface area (Å²) in [5.41, 5.74) is 2.97. The summed E-state index contributed by atoms with van der Waals surface area (Å²) in [7, 11) is 1.31. The molecule has 3 rings (SSSR count). The van der Waals surface area contributed by atoms with Crippen LogP contribution in [0, 0.1) is 5.92 Å². The second-order valence-corrected chi connectivity index (χ2v) is 6.47. The molecule has 1 atom stereocenters. The van der Waals surface area contributed by atoms with Gasteiger partial charge >= 0.3 is 5.97 Å². The first-order chi connectivity index (χ1) is 11.0. The molecule has 1 amide bonds. The Morgan fingerprint density at radius 3 is 2.65 bits per heavy atom. The molecule has 7 nitrogen and oxygen atoms in total. The molecule has 1 fully saturated rings. The molecular formula is C16H22N4O3. The first-order valence-electron chi connectivity index (χ1n) is 7.93. The number of aromatic nitrogens is 3. The van der Waals surface area contributed by atoms with Crippen molar-refractivity contribution in [2.75, 3.05) is 20.2 Å². The molecule has 0 saturated carbocycles. The first kappa shape index (κ1) is 15.7. The summed E-state index contributed by atoms with van der Waals surface area (Å²) in [6, 6.07) is 0.0896. The summed E-state index contributed by atoms with van der Waals surface area (Å²) >= 11 is 0. The highest BCUT2D eigenvalue weighted by molar-refractivity contribution is 5.86. The summed E-state index contributed by atoms with van der Waals surface area (Å²) in [5.74, 6) is -0.147. The standard InChI is InChI=1S/C16H22N4O3/c1-10-4-5-12(6-11(10)2)15(21)19-7-13(8-19)20-9-14(17-18-20)16(22)23-3/h9,12-13H,4-8H2,1-3H3. The number of carbonyl (C=O) groups is 2. The van der Waals surface area contributed by atoms with Gasteiger partial charge in [-0.05, 0) is 33.1 Å². The Hall–Kier alpha value is -2.18. The van der Waals surface area contributed by atoms with Crippen LogP contribution in [0.3, 0.4) is 0 Å². The van der Waals surface area contributed by atoms with E-state index in [1.54, 1.807) is 10.9 Å². The van der Waals surface area contributed by atoms with Crippen molar-refractivity contribution >= 4 is 11.9 Å². The number of hydrogen-bond acceptors (Lipinski definition) is 5. The lowest BCUT2D eigenvalue weighted by Crippen LogP contribution is -2.53. The quantitative estimate of drug-likeness (QED) is 0.625. The summed E-state index contributed by atoms with van der Waals surface area (Å²) in [6.45, 7) is 5.53. The third-order valence-corrected chi connectivity index (χ3v) is 4.95. The topological polar surface area (TPSA) is 77.3 Å². The Bertz CT molecular complexity index is 658. The van der Waals surface area contributed by atoms with Crippen molar-refractivity contribution in [3.05, 3.63) is 23.0 Å². The summed E-state index contributed by atoms with van der Waals surface area (Å²) in [4.78, 5) is 25.8. The fraction of sp³-hybridized carbons (Fsp3) is 0.625. The van der Waals surface area contributed by atoms with E-state index < -0.39 is 5.97 Å². The van der Waals surface area contributed by atoms with E-state index in [9.17, 15) is 9.59 Å². The number of esters is 1. The Morgan fingerprint density at radius 1 is 1.26 bits per heavy atom. The van der Waals surface area contributed by atoms with Crippen LogP contribution in [-0.4, -0.2) is 52.0 Å². The number of carbonyl (C=O) groups excluding carboxylic acids is 2. The molecule has 7 heteroatoms. The zero-order valence-corrected chi connectivity index (χ0v) is 13.8. The highest BCUT2D eigenvalue weighted by Gasteiger charge is 2.37. The SMILES string of the molecule is COC(=O)c1cn(C2CN(C(=O)C3CCC(C)=C(C)C3)C2)nn1. The average Bonchev–Trinajstić information content (AvgIpc) is 2.97. The lowest BCUT2D eigenvalue weighted by Gasteiger charge is -2.41. The molecule has 0 aromatic carbocycles. The van der Waals surface area contributed by atoms with Gasteiger partial charge in [0.05, 0.1) is 19.3 Å². The van der Waals surface area contributed by atoms with Crippen LogP contribution < -0.4 is 0 Å². The van der Waals surface area contributed by atoms with Gasteiger partial charge in [0.25, 0.3) is 0 Å². The van der Waals surface area contributed by atoms with E-state index in [0.29, 0.717) is 13.1 Å². The molecule has 1 aliphatic carbocycles. The molecule has 0 bridgehead atoms. The Morgan fingerprint density at radius 2 is 2.00 bits per heavy atom. The molecule has 2 aliphatic rings. The molecule has 1 aromatic rings. The van der Waals surface area contributed by atoms with Gasteiger partial charge in [0.2, 0.25) is 5.91 Å². The molecule has 1 aromatic heterocycles. The molecule has 23 heavy (non-hydrogen) atoms. The number of rotatable bonds is 3. The second kappa shape index (κ2) is 6.14. The van der Waals surface area contributed by atoms with Crippen molar-refractivity contribution in [3.8, 4) is 0 Å². The zero-order chi connectivity index (χ0) is 16.6. The van der Waals surface area contributed by atoms with Crippen molar-refractivity contribution in [3.63, 3.8) is 0 Å². The predicted molar refractivity (Wildman–Crippen MR) is 82.7 cm³/mol. The summed E-state index contributed by atoms with van der Waals surface area (Å²) < 4.78 is 6.26. The third-order valence-electron chi connectivity index (χ3n) is 4.95. The van der Waals surface area contributed by atoms with Crippen LogP contribution in [0.25, 0.3) is 0 Å². The van der Waals surface area contributed by atoms with Crippen LogP contribution in [0.4, 0.5) is 0 Å². The van der Waals surface area contributed by atoms with Gasteiger partial charge in [-0.25, -0.2) is 9.48 Å². The maximum Gasteiger partial charge on any atom is 0.360 e. The second-order valence-electron chi connectivity index (χ2n) is 6.47. The van der Waals surface area contributed by atoms with Crippen LogP contribution >= 0.6 is 0 Å². The monoisotopic (exact) mass is 318 g/mol. The van der Waals surface area contributed by atoms with Gasteiger partial charge in [-0.15, -0.1) is 5.10 Å². The van der Waals surface area contributed by atoms with Crippen molar-refractivity contribution in [1.82, 2.24) is 19.9 Å². The minimum Gasteiger partial charge on any atom is -0.464 e. The van der Waals surface area contributed by atoms with Gasteiger partial charge in [-0.2, -0.15) is 0 Å². The lowest BCUT2D eigenvalue weighted by atomic mass is 9.83. The number of hydrogen-bond donors (Lipinski definition) is 0. The van der Waals surface area contributed by atoms with Crippen molar-refractivity contribution < 1.29 is 14.3 Å². The lowest BCUT2D eigenvalue weighted by molar-refractivity contribution is -0.142. The van der Waals surface area contributed by atoms with E-state index in [1.165, 1.54) is 18.3 Å². The number of ether oxygens (including phenoxy) is 1. The van der Waals surface area contributed by atoms with Crippen molar-refractivity contribution in [2.45, 2.75) is 39.2 Å². The van der Waals surface area contributed by atoms with E-state index in [0.717, 1.165) is 19.3 Å². The number of methoxy groups -OCH3 is 1. The summed E-state index contributed by atoms with van der Waals surface area (Å²) in [6.07, 6.45) is 4.42. The highest BCUT2D eigenvalue weighted by atomic mass is 16.5. The fourth-order valence-corrected chi connectivity index (χ4v) is 3.17. The molecule has 124 valence electrons. The van der Waals surface area contributed by atoms with Gasteiger partial charge < -0.3 is 9.64 Å². The van der Waals surface area contributed by atoms with E-state index >= 15 is 0 Å². The number of likely N-dealkylation sites (tertiary alicyclic amines) is 1. The molecular weight excluding hydrogens is 296 g/mol.